The van der Waals surface area contributed by atoms with Crippen LogP contribution in [0.5, 0.6) is 5.75 Å². The molecule has 0 aliphatic heterocycles. The number of hydrogen-bond acceptors (Lipinski definition) is 3. The van der Waals surface area contributed by atoms with Gasteiger partial charge in [0.25, 0.3) is 0 Å². The van der Waals surface area contributed by atoms with Crippen LogP contribution < -0.4 is 4.74 Å². The molecule has 0 aliphatic rings. The molecule has 0 spiro atoms. The van der Waals surface area contributed by atoms with Gasteiger partial charge in [-0.1, -0.05) is 93.3 Å². The van der Waals surface area contributed by atoms with E-state index < -0.39 is 6.10 Å². The molecule has 248 valence electrons. The van der Waals surface area contributed by atoms with Crippen LogP contribution in [0, 0.1) is 138 Å². The van der Waals surface area contributed by atoms with Crippen LogP contribution in [-0.2, 0) is 4.74 Å². The van der Waals surface area contributed by atoms with Gasteiger partial charge in [-0.2, -0.15) is 0 Å². The van der Waals surface area contributed by atoms with Crippen molar-refractivity contribution in [2.24, 2.45) is 0 Å². The summed E-state index contributed by atoms with van der Waals surface area (Å²) >= 11 is 0. The second kappa shape index (κ2) is 29.3. The lowest BCUT2D eigenvalue weighted by Crippen LogP contribution is -2.01. The van der Waals surface area contributed by atoms with Crippen molar-refractivity contribution in [3.8, 4) is 137 Å². The predicted molar refractivity (Wildman–Crippen MR) is 206 cm³/mol. The number of rotatable bonds is 16. The van der Waals surface area contributed by atoms with Crippen LogP contribution in [-0.4, -0.2) is 18.3 Å². The summed E-state index contributed by atoms with van der Waals surface area (Å²) in [7, 11) is 0. The second-order valence-corrected chi connectivity index (χ2v) is 10.7. The highest BCUT2D eigenvalue weighted by atomic mass is 16.5. The Kier molecular flexibility index (Phi) is 23.2. The maximum absolute atomic E-state index is 10.6. The van der Waals surface area contributed by atoms with Crippen molar-refractivity contribution >= 4 is 0 Å². The number of unbranched alkanes of at least 4 members (excludes halogenated alkanes) is 9. The van der Waals surface area contributed by atoms with Gasteiger partial charge in [-0.3, -0.25) is 0 Å². The lowest BCUT2D eigenvalue weighted by Gasteiger charge is -2.13. The van der Waals surface area contributed by atoms with E-state index in [4.69, 9.17) is 15.9 Å². The Balaban J connectivity index is 1.41. The van der Waals surface area contributed by atoms with E-state index >= 15 is 0 Å². The number of benzene rings is 2. The number of ether oxygens (including phenoxy) is 2. The van der Waals surface area contributed by atoms with Crippen LogP contribution >= 0.6 is 0 Å². The fraction of sp³-hybridized carbons (Fsp3) is 0.292. The molecular formula is C48H38O3. The minimum absolute atomic E-state index is 0.603. The Morgan fingerprint density at radius 3 is 1.25 bits per heavy atom. The number of hydrogen-bond donors (Lipinski definition) is 1. The molecule has 0 aliphatic carbocycles. The number of aryl methyl sites for hydroxylation is 1. The molecule has 0 heterocycles. The van der Waals surface area contributed by atoms with Gasteiger partial charge in [0.2, 0.25) is 0 Å². The van der Waals surface area contributed by atoms with Crippen LogP contribution in [0.3, 0.4) is 0 Å². The second-order valence-electron chi connectivity index (χ2n) is 10.7. The van der Waals surface area contributed by atoms with Gasteiger partial charge < -0.3 is 14.6 Å². The van der Waals surface area contributed by atoms with Gasteiger partial charge in [0.05, 0.1) is 6.61 Å². The normalized spacial score (nSPS) is 8.65. The first-order valence-corrected chi connectivity index (χ1v) is 16.8. The van der Waals surface area contributed by atoms with Gasteiger partial charge in [0, 0.05) is 71.0 Å². The van der Waals surface area contributed by atoms with E-state index in [2.05, 4.69) is 125 Å². The Labute approximate surface area is 306 Å². The summed E-state index contributed by atoms with van der Waals surface area (Å²) in [6, 6.07) is 15.7. The monoisotopic (exact) mass is 662 g/mol. The maximum atomic E-state index is 10.6. The lowest BCUT2D eigenvalue weighted by molar-refractivity contribution is 0.220. The van der Waals surface area contributed by atoms with Crippen molar-refractivity contribution in [1.82, 2.24) is 0 Å². The highest BCUT2D eigenvalue weighted by Crippen LogP contribution is 2.24. The van der Waals surface area contributed by atoms with E-state index in [0.29, 0.717) is 6.61 Å². The minimum atomic E-state index is -0.624. The highest BCUT2D eigenvalue weighted by molar-refractivity contribution is 5.47. The number of terminal acetylenes is 1. The summed E-state index contributed by atoms with van der Waals surface area (Å²) in [5, 5.41) is 10.6. The van der Waals surface area contributed by atoms with Crippen molar-refractivity contribution in [2.45, 2.75) is 77.2 Å². The molecule has 1 atom stereocenters. The Morgan fingerprint density at radius 1 is 0.471 bits per heavy atom. The maximum Gasteiger partial charge on any atom is 0.124 e. The average molecular weight is 663 g/mol. The lowest BCUT2D eigenvalue weighted by atomic mass is 10.0. The summed E-state index contributed by atoms with van der Waals surface area (Å²) in [5.41, 5.74) is 2.95. The van der Waals surface area contributed by atoms with Crippen LogP contribution in [0.25, 0.3) is 0 Å². The molecule has 0 bridgehead atoms. The molecule has 0 radical (unpaired) electrons. The van der Waals surface area contributed by atoms with E-state index in [-0.39, 0.29) is 0 Å². The standard InChI is InChI=1S/C48H38O3/c1-3-4-5-6-7-8-9-10-11-12-13-14-15-16-17-18-21-24-27-30-41-50-42-31-28-25-22-19-20-23-26-29-32-43-51-47-39-37-46(38-40-47)48(49)45-35-33-44(2)34-36-45/h1,33-40,48-49H,19-20,22-23,25-26,28-29,31-32,42-43H2,2H3. The molecule has 1 unspecified atom stereocenters. The smallest absolute Gasteiger partial charge is 0.124 e. The van der Waals surface area contributed by atoms with E-state index in [1.807, 2.05) is 55.5 Å². The van der Waals surface area contributed by atoms with Crippen molar-refractivity contribution < 1.29 is 14.6 Å². The molecule has 2 rings (SSSR count). The predicted octanol–water partition coefficient (Wildman–Crippen LogP) is 7.00. The quantitative estimate of drug-likeness (QED) is 0.156. The molecule has 0 saturated carbocycles. The van der Waals surface area contributed by atoms with E-state index in [1.165, 1.54) is 50.5 Å². The molecule has 0 fully saturated rings. The SMILES string of the molecule is C#CC#CC#CC#CC#CC#CC#CC#CC#CC#CC#COCCCCCCCCCCCCOc1ccc(C(O)c2ccc(C)cc2)cc1. The Hall–Kier alpha value is -6.84. The van der Waals surface area contributed by atoms with Crippen molar-refractivity contribution in [1.29, 1.82) is 0 Å². The zero-order chi connectivity index (χ0) is 36.3. The van der Waals surface area contributed by atoms with Crippen LogP contribution in [0.1, 0.15) is 87.0 Å². The summed E-state index contributed by atoms with van der Waals surface area (Å²) in [6.07, 6.45) is 18.8. The molecule has 3 heteroatoms. The third kappa shape index (κ3) is 22.4. The Bertz CT molecular complexity index is 2080. The number of aliphatic hydroxyl groups is 1. The fourth-order valence-corrected chi connectivity index (χ4v) is 4.25. The van der Waals surface area contributed by atoms with Gasteiger partial charge in [-0.15, -0.1) is 6.42 Å². The molecule has 0 amide bonds. The van der Waals surface area contributed by atoms with Crippen LogP contribution in [0.2, 0.25) is 0 Å². The first-order chi connectivity index (χ1) is 25.2. The van der Waals surface area contributed by atoms with Crippen LogP contribution in [0.15, 0.2) is 48.5 Å². The van der Waals surface area contributed by atoms with Gasteiger partial charge in [-0.05, 0) is 90.4 Å². The third-order valence-corrected chi connectivity index (χ3v) is 6.82. The highest BCUT2D eigenvalue weighted by Gasteiger charge is 2.10. The first kappa shape index (κ1) is 40.3. The minimum Gasteiger partial charge on any atom is -0.494 e. The molecule has 2 aromatic carbocycles. The van der Waals surface area contributed by atoms with Crippen molar-refractivity contribution in [3.05, 3.63) is 65.2 Å². The van der Waals surface area contributed by atoms with E-state index in [9.17, 15) is 5.11 Å². The zero-order valence-electron chi connectivity index (χ0n) is 29.0. The van der Waals surface area contributed by atoms with Crippen molar-refractivity contribution in [2.75, 3.05) is 13.2 Å². The molecule has 51 heavy (non-hydrogen) atoms. The summed E-state index contributed by atoms with van der Waals surface area (Å²) in [4.78, 5) is 0. The Morgan fingerprint density at radius 2 is 0.824 bits per heavy atom. The van der Waals surface area contributed by atoms with Gasteiger partial charge in [0.15, 0.2) is 0 Å². The van der Waals surface area contributed by atoms with Crippen LogP contribution in [0.4, 0.5) is 0 Å². The van der Waals surface area contributed by atoms with Gasteiger partial charge in [-0.25, -0.2) is 0 Å². The molecule has 3 nitrogen and oxygen atoms in total. The van der Waals surface area contributed by atoms with Gasteiger partial charge in [0.1, 0.15) is 24.6 Å². The first-order valence-electron chi connectivity index (χ1n) is 16.8. The molecular weight excluding hydrogens is 625 g/mol. The van der Waals surface area contributed by atoms with E-state index in [0.717, 1.165) is 42.7 Å². The largest absolute Gasteiger partial charge is 0.494 e. The molecule has 0 saturated heterocycles. The topological polar surface area (TPSA) is 38.7 Å². The molecule has 1 N–H and O–H groups in total. The summed E-state index contributed by atoms with van der Waals surface area (Å²) in [5.74, 6) is 50.9. The fourth-order valence-electron chi connectivity index (χ4n) is 4.25. The van der Waals surface area contributed by atoms with E-state index in [1.54, 1.807) is 0 Å². The number of aliphatic hydroxyl groups excluding tert-OH is 1. The summed E-state index contributed by atoms with van der Waals surface area (Å²) < 4.78 is 11.2. The van der Waals surface area contributed by atoms with Gasteiger partial charge >= 0.3 is 0 Å². The third-order valence-electron chi connectivity index (χ3n) is 6.82. The average Bonchev–Trinajstić information content (AvgIpc) is 3.15. The summed E-state index contributed by atoms with van der Waals surface area (Å²) in [6.45, 7) is 3.36. The zero-order valence-corrected chi connectivity index (χ0v) is 29.0. The van der Waals surface area contributed by atoms with Crippen molar-refractivity contribution in [3.63, 3.8) is 0 Å². The molecule has 2 aromatic rings. The molecule has 0 aromatic heterocycles.